The molecule has 1 unspecified atom stereocenters. The summed E-state index contributed by atoms with van der Waals surface area (Å²) in [6.07, 6.45) is 8.36. The maximum absolute atomic E-state index is 14.4. The van der Waals surface area contributed by atoms with Crippen LogP contribution in [-0.2, 0) is 33.8 Å². The molecule has 9 nitrogen and oxygen atoms in total. The Morgan fingerprint density at radius 1 is 0.788 bits per heavy atom. The van der Waals surface area contributed by atoms with Crippen LogP contribution in [0, 0.1) is 60.1 Å². The number of amides is 1. The third-order valence-electron chi connectivity index (χ3n) is 16.0. The van der Waals surface area contributed by atoms with Crippen molar-refractivity contribution in [3.63, 3.8) is 0 Å². The van der Waals surface area contributed by atoms with Crippen LogP contribution in [0.3, 0.4) is 0 Å². The van der Waals surface area contributed by atoms with Crippen LogP contribution in [0.15, 0.2) is 18.2 Å². The number of hydrogen-bond donors (Lipinski definition) is 1. The van der Waals surface area contributed by atoms with E-state index in [4.69, 9.17) is 33.8 Å². The van der Waals surface area contributed by atoms with E-state index in [1.165, 1.54) is 12.1 Å². The summed E-state index contributed by atoms with van der Waals surface area (Å²) >= 11 is 0. The van der Waals surface area contributed by atoms with Gasteiger partial charge in [0.15, 0.2) is 0 Å². The van der Waals surface area contributed by atoms with E-state index in [9.17, 15) is 9.18 Å². The number of halogens is 1. The van der Waals surface area contributed by atoms with Crippen molar-refractivity contribution in [1.29, 1.82) is 0 Å². The van der Waals surface area contributed by atoms with E-state index < -0.39 is 34.8 Å². The molecule has 1 amide bonds. The topological polar surface area (TPSA) is 93.7 Å². The molecule has 6 saturated heterocycles. The number of carbonyl (C=O) groups is 1. The molecule has 4 aliphatic carbocycles. The Morgan fingerprint density at radius 3 is 1.96 bits per heavy atom. The SMILES string of the molecule is Cc1cc(F)cc(NC(=O)O[C@@H](C[C@H]2O[C@@H]3C[C@]4(C)CC[C@H]5[C@H](C)CC[C@@H]([C@H]2C)[C@@]35OO4)C2O[C@@H]3C[C@]4(C)CC[C@H]5[C@H](C)CC[C@@H]([C@H]2C)[C@@]35OO4)c1. The molecule has 6 heterocycles. The second kappa shape index (κ2) is 12.6. The zero-order valence-corrected chi connectivity index (χ0v) is 32.2. The molecule has 10 heteroatoms. The summed E-state index contributed by atoms with van der Waals surface area (Å²) in [6.45, 7) is 15.4. The number of fused-ring (bicyclic) bond motifs is 4. The van der Waals surface area contributed by atoms with Crippen molar-refractivity contribution >= 4 is 11.8 Å². The van der Waals surface area contributed by atoms with Crippen LogP contribution < -0.4 is 5.32 Å². The van der Waals surface area contributed by atoms with Gasteiger partial charge < -0.3 is 14.2 Å². The van der Waals surface area contributed by atoms with Gasteiger partial charge in [-0.3, -0.25) is 5.32 Å². The number of aryl methyl sites for hydroxylation is 1. The van der Waals surface area contributed by atoms with Gasteiger partial charge in [-0.2, -0.15) is 0 Å². The summed E-state index contributed by atoms with van der Waals surface area (Å²) in [7, 11) is 0. The maximum atomic E-state index is 14.4. The Kier molecular flexibility index (Phi) is 8.69. The van der Waals surface area contributed by atoms with Crippen LogP contribution in [0.2, 0.25) is 0 Å². The number of rotatable bonds is 5. The van der Waals surface area contributed by atoms with E-state index in [0.29, 0.717) is 35.8 Å². The van der Waals surface area contributed by atoms with Crippen LogP contribution in [0.1, 0.15) is 118 Å². The first-order valence-corrected chi connectivity index (χ1v) is 20.5. The van der Waals surface area contributed by atoms with Crippen molar-refractivity contribution < 1.29 is 42.9 Å². The summed E-state index contributed by atoms with van der Waals surface area (Å²) in [4.78, 5) is 39.6. The van der Waals surface area contributed by atoms with E-state index >= 15 is 0 Å². The fourth-order valence-corrected chi connectivity index (χ4v) is 13.3. The average Bonchev–Trinajstić information content (AvgIpc) is 3.45. The highest BCUT2D eigenvalue weighted by molar-refractivity contribution is 5.84. The first-order valence-electron chi connectivity index (χ1n) is 20.5. The monoisotopic (exact) mass is 725 g/mol. The molecule has 10 fully saturated rings. The first kappa shape index (κ1) is 35.9. The Morgan fingerprint density at radius 2 is 1.37 bits per heavy atom. The standard InChI is InChI=1S/C42H60FNO8/c1-22-16-27(43)18-28(17-22)44-38(45)47-34(37-26(5)32-11-9-24(3)30-13-15-40(7)21-36(48-37)42(30,32)52-50-40)19-33-25(4)31-10-8-23(2)29-12-14-39(6)20-35(46-33)41(29,31)51-49-39/h16-18,23-26,29-37H,8-15,19-21H2,1-7H3,(H,44,45)/t23-,24-,25-,26-,29+,30+,31+,32+,33-,34+,35-,36-,37?,39+,40+,41-,42-/m1/s1. The van der Waals surface area contributed by atoms with E-state index in [1.54, 1.807) is 13.0 Å². The van der Waals surface area contributed by atoms with E-state index in [-0.39, 0.29) is 53.7 Å². The van der Waals surface area contributed by atoms with E-state index in [0.717, 1.165) is 69.8 Å². The fourth-order valence-electron chi connectivity index (χ4n) is 13.3. The van der Waals surface area contributed by atoms with Gasteiger partial charge in [0.25, 0.3) is 0 Å². The smallest absolute Gasteiger partial charge is 0.411 e. The molecule has 0 radical (unpaired) electrons. The molecule has 6 aliphatic heterocycles. The van der Waals surface area contributed by atoms with Gasteiger partial charge in [0.1, 0.15) is 34.3 Å². The van der Waals surface area contributed by atoms with Gasteiger partial charge in [-0.1, -0.05) is 27.7 Å². The minimum atomic E-state index is -0.612. The lowest BCUT2D eigenvalue weighted by atomic mass is 9.55. The van der Waals surface area contributed by atoms with Crippen molar-refractivity contribution in [1.82, 2.24) is 0 Å². The number of carbonyl (C=O) groups excluding carboxylic acids is 1. The first-order chi connectivity index (χ1) is 24.7. The fraction of sp³-hybridized carbons (Fsp3) is 0.833. The third-order valence-corrected chi connectivity index (χ3v) is 16.0. The van der Waals surface area contributed by atoms with Crippen molar-refractivity contribution in [2.24, 2.45) is 47.3 Å². The number of ether oxygens (including phenoxy) is 3. The van der Waals surface area contributed by atoms with Crippen molar-refractivity contribution in [2.75, 3.05) is 5.32 Å². The zero-order chi connectivity index (χ0) is 36.4. The highest BCUT2D eigenvalue weighted by Gasteiger charge is 2.70. The maximum Gasteiger partial charge on any atom is 0.411 e. The summed E-state index contributed by atoms with van der Waals surface area (Å²) in [5, 5.41) is 2.84. The second-order valence-electron chi connectivity index (χ2n) is 19.3. The quantitative estimate of drug-likeness (QED) is 0.301. The molecule has 1 N–H and O–H groups in total. The lowest BCUT2D eigenvalue weighted by Gasteiger charge is -2.62. The highest BCUT2D eigenvalue weighted by Crippen LogP contribution is 2.64. The zero-order valence-electron chi connectivity index (χ0n) is 32.2. The van der Waals surface area contributed by atoms with Crippen molar-refractivity contribution in [2.45, 2.75) is 172 Å². The van der Waals surface area contributed by atoms with Gasteiger partial charge in [0.2, 0.25) is 0 Å². The Bertz CT molecular complexity index is 1540. The molecular formula is C42H60FNO8. The number of nitrogens with one attached hydrogen (secondary N) is 1. The van der Waals surface area contributed by atoms with E-state index in [1.807, 2.05) is 0 Å². The molecule has 288 valence electrons. The minimum Gasteiger partial charge on any atom is -0.443 e. The summed E-state index contributed by atoms with van der Waals surface area (Å²) in [6, 6.07) is 4.52. The highest BCUT2D eigenvalue weighted by atomic mass is 19.1. The lowest BCUT2D eigenvalue weighted by Crippen LogP contribution is -2.71. The van der Waals surface area contributed by atoms with E-state index in [2.05, 4.69) is 46.9 Å². The number of benzene rings is 1. The molecule has 10 aliphatic rings. The Hall–Kier alpha value is -1.82. The molecule has 1 aromatic carbocycles. The molecular weight excluding hydrogens is 665 g/mol. The summed E-state index contributed by atoms with van der Waals surface area (Å²) in [5.41, 5.74) is -0.704. The largest absolute Gasteiger partial charge is 0.443 e. The second-order valence-corrected chi connectivity index (χ2v) is 19.3. The molecule has 17 atom stereocenters. The van der Waals surface area contributed by atoms with Gasteiger partial charge in [-0.05, 0) is 143 Å². The van der Waals surface area contributed by atoms with Gasteiger partial charge in [0.05, 0.1) is 24.4 Å². The van der Waals surface area contributed by atoms with Crippen LogP contribution in [0.25, 0.3) is 0 Å². The molecule has 4 saturated carbocycles. The molecule has 2 spiro atoms. The van der Waals surface area contributed by atoms with Gasteiger partial charge in [0, 0.05) is 24.9 Å². The predicted molar refractivity (Wildman–Crippen MR) is 190 cm³/mol. The number of hydrogen-bond acceptors (Lipinski definition) is 8. The van der Waals surface area contributed by atoms with Crippen LogP contribution in [-0.4, -0.2) is 59.0 Å². The van der Waals surface area contributed by atoms with Crippen LogP contribution in [0.5, 0.6) is 0 Å². The molecule has 1 aromatic rings. The summed E-state index contributed by atoms with van der Waals surface area (Å²) < 4.78 is 35.5. The van der Waals surface area contributed by atoms with Gasteiger partial charge in [-0.15, -0.1) is 0 Å². The summed E-state index contributed by atoms with van der Waals surface area (Å²) in [5.74, 6) is 2.00. The average molecular weight is 726 g/mol. The predicted octanol–water partition coefficient (Wildman–Crippen LogP) is 8.86. The van der Waals surface area contributed by atoms with Crippen LogP contribution >= 0.6 is 0 Å². The molecule has 52 heavy (non-hydrogen) atoms. The molecule has 0 aromatic heterocycles. The Labute approximate surface area is 308 Å². The van der Waals surface area contributed by atoms with Gasteiger partial charge in [-0.25, -0.2) is 28.7 Å². The van der Waals surface area contributed by atoms with Crippen molar-refractivity contribution in [3.8, 4) is 0 Å². The van der Waals surface area contributed by atoms with Gasteiger partial charge >= 0.3 is 6.09 Å². The third kappa shape index (κ3) is 5.46. The van der Waals surface area contributed by atoms with Crippen molar-refractivity contribution in [3.05, 3.63) is 29.6 Å². The van der Waals surface area contributed by atoms with Crippen LogP contribution in [0.4, 0.5) is 14.9 Å². The Balaban J connectivity index is 1.05. The number of anilines is 1. The minimum absolute atomic E-state index is 0.0289. The molecule has 4 bridgehead atoms. The molecule has 11 rings (SSSR count). The lowest BCUT2D eigenvalue weighted by molar-refractivity contribution is -0.491. The normalized spacial score (nSPS) is 51.0.